The van der Waals surface area contributed by atoms with Crippen LogP contribution in [0.1, 0.15) is 6.92 Å². The maximum Gasteiger partial charge on any atom is 0.263 e. The standard InChI is InChI=1S/C15H18F2N2O2.ClH/c1-9(21-12-2-3-13(16)14(17)4-12)15(20)19-7-10-5-18-6-11(10)8-19;/h2-4,9-11,18H,5-8H2,1H3;1H/t9?,10-,11+;. The average molecular weight is 333 g/mol. The van der Waals surface area contributed by atoms with E-state index in [2.05, 4.69) is 5.32 Å². The number of rotatable bonds is 3. The van der Waals surface area contributed by atoms with Gasteiger partial charge < -0.3 is 15.0 Å². The van der Waals surface area contributed by atoms with Gasteiger partial charge in [0, 0.05) is 32.2 Å². The van der Waals surface area contributed by atoms with Crippen molar-refractivity contribution in [2.75, 3.05) is 26.2 Å². The molecule has 0 aliphatic carbocycles. The summed E-state index contributed by atoms with van der Waals surface area (Å²) in [6.45, 7) is 5.01. The minimum Gasteiger partial charge on any atom is -0.481 e. The Kier molecular flexibility index (Phi) is 5.24. The van der Waals surface area contributed by atoms with Crippen LogP contribution in [0, 0.1) is 23.5 Å². The molecule has 0 spiro atoms. The fourth-order valence-corrected chi connectivity index (χ4v) is 3.10. The highest BCUT2D eigenvalue weighted by Gasteiger charge is 2.39. The van der Waals surface area contributed by atoms with Crippen molar-refractivity contribution in [1.82, 2.24) is 10.2 Å². The Balaban J connectivity index is 0.00000176. The molecule has 2 heterocycles. The third-order valence-corrected chi connectivity index (χ3v) is 4.25. The summed E-state index contributed by atoms with van der Waals surface area (Å²) in [4.78, 5) is 14.2. The Labute approximate surface area is 134 Å². The molecule has 22 heavy (non-hydrogen) atoms. The van der Waals surface area contributed by atoms with E-state index in [1.165, 1.54) is 6.07 Å². The van der Waals surface area contributed by atoms with Crippen LogP contribution < -0.4 is 10.1 Å². The molecular weight excluding hydrogens is 314 g/mol. The van der Waals surface area contributed by atoms with Crippen molar-refractivity contribution < 1.29 is 18.3 Å². The van der Waals surface area contributed by atoms with Gasteiger partial charge in [-0.05, 0) is 30.9 Å². The molecule has 0 saturated carbocycles. The van der Waals surface area contributed by atoms with Gasteiger partial charge >= 0.3 is 0 Å². The predicted molar refractivity (Wildman–Crippen MR) is 80.1 cm³/mol. The van der Waals surface area contributed by atoms with Gasteiger partial charge in [0.15, 0.2) is 17.7 Å². The lowest BCUT2D eigenvalue weighted by atomic mass is 10.0. The highest BCUT2D eigenvalue weighted by molar-refractivity contribution is 5.85. The lowest BCUT2D eigenvalue weighted by molar-refractivity contribution is -0.137. The predicted octanol–water partition coefficient (Wildman–Crippen LogP) is 1.83. The maximum absolute atomic E-state index is 13.1. The van der Waals surface area contributed by atoms with E-state index in [1.54, 1.807) is 11.8 Å². The zero-order chi connectivity index (χ0) is 15.0. The van der Waals surface area contributed by atoms with Crippen molar-refractivity contribution in [2.24, 2.45) is 11.8 Å². The number of hydrogen-bond acceptors (Lipinski definition) is 3. The normalized spacial score (nSPS) is 24.6. The summed E-state index contributed by atoms with van der Waals surface area (Å²) >= 11 is 0. The zero-order valence-corrected chi connectivity index (χ0v) is 13.0. The Morgan fingerprint density at radius 1 is 1.27 bits per heavy atom. The monoisotopic (exact) mass is 332 g/mol. The number of hydrogen-bond donors (Lipinski definition) is 1. The molecule has 1 amide bonds. The lowest BCUT2D eigenvalue weighted by Gasteiger charge is -2.22. The molecule has 0 radical (unpaired) electrons. The van der Waals surface area contributed by atoms with Gasteiger partial charge in [0.25, 0.3) is 5.91 Å². The summed E-state index contributed by atoms with van der Waals surface area (Å²) in [5, 5.41) is 3.32. The van der Waals surface area contributed by atoms with Crippen molar-refractivity contribution >= 4 is 18.3 Å². The highest BCUT2D eigenvalue weighted by Crippen LogP contribution is 2.27. The van der Waals surface area contributed by atoms with Crippen molar-refractivity contribution in [2.45, 2.75) is 13.0 Å². The van der Waals surface area contributed by atoms with Gasteiger partial charge in [-0.15, -0.1) is 12.4 Å². The Bertz CT molecular complexity index is 546. The van der Waals surface area contributed by atoms with Crippen LogP contribution in [0.3, 0.4) is 0 Å². The van der Waals surface area contributed by atoms with Crippen molar-refractivity contribution in [3.63, 3.8) is 0 Å². The van der Waals surface area contributed by atoms with Crippen molar-refractivity contribution in [3.8, 4) is 5.75 Å². The number of nitrogens with zero attached hydrogens (tertiary/aromatic N) is 1. The summed E-state index contributed by atoms with van der Waals surface area (Å²) < 4.78 is 31.4. The number of carbonyl (C=O) groups is 1. The molecule has 2 aliphatic rings. The van der Waals surface area contributed by atoms with Gasteiger partial charge in [0.2, 0.25) is 0 Å². The summed E-state index contributed by atoms with van der Waals surface area (Å²) in [6, 6.07) is 3.28. The second-order valence-corrected chi connectivity index (χ2v) is 5.76. The summed E-state index contributed by atoms with van der Waals surface area (Å²) in [6.07, 6.45) is -0.707. The van der Waals surface area contributed by atoms with Crippen molar-refractivity contribution in [1.29, 1.82) is 0 Å². The molecule has 2 fully saturated rings. The van der Waals surface area contributed by atoms with Gasteiger partial charge in [-0.1, -0.05) is 0 Å². The fourth-order valence-electron chi connectivity index (χ4n) is 3.10. The molecule has 122 valence electrons. The molecule has 1 N–H and O–H groups in total. The van der Waals surface area contributed by atoms with Gasteiger partial charge in [-0.3, -0.25) is 4.79 Å². The summed E-state index contributed by atoms with van der Waals surface area (Å²) in [5.74, 6) is -0.811. The van der Waals surface area contributed by atoms with Crippen LogP contribution in [0.4, 0.5) is 8.78 Å². The smallest absolute Gasteiger partial charge is 0.263 e. The fraction of sp³-hybridized carbons (Fsp3) is 0.533. The van der Waals surface area contributed by atoms with Gasteiger partial charge in [-0.2, -0.15) is 0 Å². The number of amides is 1. The van der Waals surface area contributed by atoms with E-state index in [4.69, 9.17) is 4.74 Å². The second-order valence-electron chi connectivity index (χ2n) is 5.76. The quantitative estimate of drug-likeness (QED) is 0.918. The van der Waals surface area contributed by atoms with E-state index in [0.717, 1.165) is 38.3 Å². The van der Waals surface area contributed by atoms with E-state index in [0.29, 0.717) is 11.8 Å². The van der Waals surface area contributed by atoms with Crippen LogP contribution in [-0.4, -0.2) is 43.1 Å². The van der Waals surface area contributed by atoms with Crippen molar-refractivity contribution in [3.05, 3.63) is 29.8 Å². The van der Waals surface area contributed by atoms with Crippen LogP contribution in [-0.2, 0) is 4.79 Å². The Morgan fingerprint density at radius 2 is 1.91 bits per heavy atom. The third-order valence-electron chi connectivity index (χ3n) is 4.25. The first-order chi connectivity index (χ1) is 10.0. The van der Waals surface area contributed by atoms with Crippen LogP contribution in [0.15, 0.2) is 18.2 Å². The molecule has 2 aliphatic heterocycles. The number of likely N-dealkylation sites (tertiary alicyclic amines) is 1. The topological polar surface area (TPSA) is 41.6 Å². The van der Waals surface area contributed by atoms with Gasteiger partial charge in [0.1, 0.15) is 5.75 Å². The molecule has 7 heteroatoms. The van der Waals surface area contributed by atoms with E-state index >= 15 is 0 Å². The minimum absolute atomic E-state index is 0. The number of halogens is 3. The van der Waals surface area contributed by atoms with E-state index in [9.17, 15) is 13.6 Å². The van der Waals surface area contributed by atoms with E-state index in [1.807, 2.05) is 0 Å². The number of fused-ring (bicyclic) bond motifs is 1. The Morgan fingerprint density at radius 3 is 2.50 bits per heavy atom. The lowest BCUT2D eigenvalue weighted by Crippen LogP contribution is -2.40. The molecule has 3 rings (SSSR count). The van der Waals surface area contributed by atoms with E-state index < -0.39 is 17.7 Å². The van der Waals surface area contributed by atoms with Gasteiger partial charge in [-0.25, -0.2) is 8.78 Å². The largest absolute Gasteiger partial charge is 0.481 e. The van der Waals surface area contributed by atoms with Crippen LogP contribution in [0.5, 0.6) is 5.75 Å². The minimum atomic E-state index is -0.978. The molecule has 0 aromatic heterocycles. The zero-order valence-electron chi connectivity index (χ0n) is 12.2. The number of ether oxygens (including phenoxy) is 1. The second kappa shape index (κ2) is 6.79. The third kappa shape index (κ3) is 3.33. The molecule has 3 atom stereocenters. The first-order valence-electron chi connectivity index (χ1n) is 7.16. The first kappa shape index (κ1) is 17.0. The van der Waals surface area contributed by atoms with Crippen LogP contribution in [0.25, 0.3) is 0 Å². The number of nitrogens with one attached hydrogen (secondary N) is 1. The van der Waals surface area contributed by atoms with Crippen LogP contribution in [0.2, 0.25) is 0 Å². The molecule has 1 aromatic rings. The summed E-state index contributed by atoms with van der Waals surface area (Å²) in [5.41, 5.74) is 0. The SMILES string of the molecule is CC(Oc1ccc(F)c(F)c1)C(=O)N1C[C@H]2CNC[C@H]2C1.Cl. The molecule has 2 saturated heterocycles. The average Bonchev–Trinajstić information content (AvgIpc) is 3.03. The van der Waals surface area contributed by atoms with Gasteiger partial charge in [0.05, 0.1) is 0 Å². The maximum atomic E-state index is 13.1. The molecule has 4 nitrogen and oxygen atoms in total. The highest BCUT2D eigenvalue weighted by atomic mass is 35.5. The summed E-state index contributed by atoms with van der Waals surface area (Å²) in [7, 11) is 0. The van der Waals surface area contributed by atoms with Crippen LogP contribution >= 0.6 is 12.4 Å². The molecule has 1 unspecified atom stereocenters. The van der Waals surface area contributed by atoms with E-state index in [-0.39, 0.29) is 24.1 Å². The molecule has 1 aromatic carbocycles. The molecular formula is C15H19ClF2N2O2. The number of carbonyl (C=O) groups excluding carboxylic acids is 1. The Hall–Kier alpha value is -1.40. The first-order valence-corrected chi connectivity index (χ1v) is 7.16. The number of benzene rings is 1. The molecule has 0 bridgehead atoms.